The van der Waals surface area contributed by atoms with Crippen LogP contribution in [0.15, 0.2) is 45.3 Å². The van der Waals surface area contributed by atoms with Crippen LogP contribution in [0.1, 0.15) is 17.2 Å². The van der Waals surface area contributed by atoms with Crippen molar-refractivity contribution in [2.24, 2.45) is 0 Å². The molecular formula is C15H13Br2ClFN. The Bertz CT molecular complexity index is 619. The summed E-state index contributed by atoms with van der Waals surface area (Å²) in [6, 6.07) is 10.9. The fourth-order valence-electron chi connectivity index (χ4n) is 2.08. The van der Waals surface area contributed by atoms with Crippen LogP contribution in [-0.4, -0.2) is 7.05 Å². The number of likely N-dealkylation sites (N-methyl/N-ethyl adjacent to an activating group) is 1. The summed E-state index contributed by atoms with van der Waals surface area (Å²) in [5.74, 6) is -0.251. The van der Waals surface area contributed by atoms with Crippen molar-refractivity contribution in [1.82, 2.24) is 5.32 Å². The second kappa shape index (κ2) is 7.03. The van der Waals surface area contributed by atoms with Gasteiger partial charge < -0.3 is 5.32 Å². The van der Waals surface area contributed by atoms with Crippen molar-refractivity contribution in [3.63, 3.8) is 0 Å². The lowest BCUT2D eigenvalue weighted by atomic mass is 9.99. The van der Waals surface area contributed by atoms with Gasteiger partial charge in [-0.05, 0) is 58.7 Å². The van der Waals surface area contributed by atoms with E-state index in [2.05, 4.69) is 37.2 Å². The first kappa shape index (κ1) is 16.0. The Morgan fingerprint density at radius 1 is 1.25 bits per heavy atom. The first-order valence-corrected chi connectivity index (χ1v) is 8.04. The van der Waals surface area contributed by atoms with Crippen molar-refractivity contribution >= 4 is 43.5 Å². The summed E-state index contributed by atoms with van der Waals surface area (Å²) in [6.07, 6.45) is 0.649. The highest BCUT2D eigenvalue weighted by atomic mass is 79.9. The lowest BCUT2D eigenvalue weighted by molar-refractivity contribution is 0.580. The summed E-state index contributed by atoms with van der Waals surface area (Å²) >= 11 is 13.0. The van der Waals surface area contributed by atoms with E-state index in [0.717, 1.165) is 15.6 Å². The third kappa shape index (κ3) is 3.61. The Labute approximate surface area is 139 Å². The van der Waals surface area contributed by atoms with E-state index in [1.54, 1.807) is 6.07 Å². The smallest absolute Gasteiger partial charge is 0.137 e. The molecule has 0 aromatic heterocycles. The predicted molar refractivity (Wildman–Crippen MR) is 88.8 cm³/mol. The van der Waals surface area contributed by atoms with Crippen LogP contribution in [-0.2, 0) is 6.42 Å². The van der Waals surface area contributed by atoms with Crippen LogP contribution in [0.3, 0.4) is 0 Å². The molecule has 0 fully saturated rings. The minimum Gasteiger partial charge on any atom is -0.313 e. The van der Waals surface area contributed by atoms with E-state index in [9.17, 15) is 4.39 Å². The summed E-state index contributed by atoms with van der Waals surface area (Å²) in [5, 5.41) is 3.92. The number of benzene rings is 2. The molecule has 2 aromatic carbocycles. The fraction of sp³-hybridized carbons (Fsp3) is 0.200. The van der Waals surface area contributed by atoms with Gasteiger partial charge >= 0.3 is 0 Å². The first-order valence-electron chi connectivity index (χ1n) is 6.08. The Morgan fingerprint density at radius 3 is 2.65 bits per heavy atom. The van der Waals surface area contributed by atoms with Crippen molar-refractivity contribution in [3.05, 3.63) is 67.3 Å². The minimum absolute atomic E-state index is 0.0219. The normalized spacial score (nSPS) is 12.4. The van der Waals surface area contributed by atoms with Gasteiger partial charge in [0.05, 0.1) is 4.47 Å². The van der Waals surface area contributed by atoms with Crippen molar-refractivity contribution in [2.45, 2.75) is 12.5 Å². The van der Waals surface area contributed by atoms with Crippen LogP contribution >= 0.6 is 43.5 Å². The molecule has 20 heavy (non-hydrogen) atoms. The van der Waals surface area contributed by atoms with E-state index in [0.29, 0.717) is 15.9 Å². The molecule has 0 aliphatic heterocycles. The molecule has 0 radical (unpaired) electrons. The standard InChI is InChI=1S/C15H13Br2ClFN/c1-20-14(11-6-5-10(16)8-12(11)18)7-9-3-2-4-13(19)15(9)17/h2-6,8,14,20H,7H2,1H3. The third-order valence-corrected chi connectivity index (χ3v) is 4.85. The highest BCUT2D eigenvalue weighted by Gasteiger charge is 2.16. The van der Waals surface area contributed by atoms with Crippen LogP contribution in [0, 0.1) is 5.82 Å². The number of nitrogens with one attached hydrogen (secondary N) is 1. The maximum atomic E-state index is 13.6. The highest BCUT2D eigenvalue weighted by molar-refractivity contribution is 9.10. The van der Waals surface area contributed by atoms with Gasteiger partial charge in [0.2, 0.25) is 0 Å². The molecule has 0 amide bonds. The molecule has 0 saturated heterocycles. The molecule has 1 unspecified atom stereocenters. The average molecular weight is 422 g/mol. The number of hydrogen-bond acceptors (Lipinski definition) is 1. The number of halogens is 4. The number of rotatable bonds is 4. The van der Waals surface area contributed by atoms with Crippen molar-refractivity contribution < 1.29 is 4.39 Å². The molecular weight excluding hydrogens is 408 g/mol. The zero-order chi connectivity index (χ0) is 14.7. The Kier molecular flexibility index (Phi) is 5.61. The van der Waals surface area contributed by atoms with Gasteiger partial charge in [-0.15, -0.1) is 0 Å². The molecule has 2 rings (SSSR count). The van der Waals surface area contributed by atoms with Gasteiger partial charge in [0.15, 0.2) is 0 Å². The first-order chi connectivity index (χ1) is 9.52. The molecule has 1 N–H and O–H groups in total. The summed E-state index contributed by atoms with van der Waals surface area (Å²) in [4.78, 5) is 0. The van der Waals surface area contributed by atoms with Gasteiger partial charge in [0.25, 0.3) is 0 Å². The summed E-state index contributed by atoms with van der Waals surface area (Å²) in [6.45, 7) is 0. The molecule has 5 heteroatoms. The van der Waals surface area contributed by atoms with E-state index in [4.69, 9.17) is 11.6 Å². The van der Waals surface area contributed by atoms with Crippen LogP contribution in [0.4, 0.5) is 4.39 Å². The van der Waals surface area contributed by atoms with E-state index >= 15 is 0 Å². The van der Waals surface area contributed by atoms with Gasteiger partial charge in [-0.1, -0.05) is 45.7 Å². The van der Waals surface area contributed by atoms with Crippen molar-refractivity contribution in [3.8, 4) is 0 Å². The molecule has 1 nitrogen and oxygen atoms in total. The lowest BCUT2D eigenvalue weighted by Crippen LogP contribution is -2.19. The van der Waals surface area contributed by atoms with Crippen molar-refractivity contribution in [1.29, 1.82) is 0 Å². The zero-order valence-electron chi connectivity index (χ0n) is 10.8. The van der Waals surface area contributed by atoms with Gasteiger partial charge in [0, 0.05) is 15.5 Å². The van der Waals surface area contributed by atoms with Gasteiger partial charge in [-0.25, -0.2) is 4.39 Å². The van der Waals surface area contributed by atoms with Gasteiger partial charge in [-0.3, -0.25) is 0 Å². The quantitative estimate of drug-likeness (QED) is 0.687. The molecule has 0 aliphatic carbocycles. The maximum absolute atomic E-state index is 13.6. The Morgan fingerprint density at radius 2 is 2.00 bits per heavy atom. The minimum atomic E-state index is -0.251. The summed E-state index contributed by atoms with van der Waals surface area (Å²) < 4.78 is 15.0. The fourth-order valence-corrected chi connectivity index (χ4v) is 3.31. The van der Waals surface area contributed by atoms with E-state index in [1.165, 1.54) is 6.07 Å². The van der Waals surface area contributed by atoms with E-state index in [1.807, 2.05) is 31.3 Å². The molecule has 106 valence electrons. The van der Waals surface area contributed by atoms with E-state index < -0.39 is 0 Å². The van der Waals surface area contributed by atoms with Gasteiger partial charge in [-0.2, -0.15) is 0 Å². The van der Waals surface area contributed by atoms with Crippen LogP contribution in [0.25, 0.3) is 0 Å². The monoisotopic (exact) mass is 419 g/mol. The predicted octanol–water partition coefficient (Wildman–Crippen LogP) is 5.51. The second-order valence-corrected chi connectivity index (χ2v) is 6.54. The van der Waals surface area contributed by atoms with Crippen molar-refractivity contribution in [2.75, 3.05) is 7.05 Å². The molecule has 0 spiro atoms. The topological polar surface area (TPSA) is 12.0 Å². The highest BCUT2D eigenvalue weighted by Crippen LogP contribution is 2.30. The lowest BCUT2D eigenvalue weighted by Gasteiger charge is -2.19. The molecule has 0 aliphatic rings. The Balaban J connectivity index is 2.31. The molecule has 0 bridgehead atoms. The van der Waals surface area contributed by atoms with Crippen LogP contribution < -0.4 is 5.32 Å². The molecule has 1 atom stereocenters. The van der Waals surface area contributed by atoms with Gasteiger partial charge in [0.1, 0.15) is 5.82 Å². The number of hydrogen-bond donors (Lipinski definition) is 1. The second-order valence-electron chi connectivity index (χ2n) is 4.42. The van der Waals surface area contributed by atoms with E-state index in [-0.39, 0.29) is 11.9 Å². The SMILES string of the molecule is CNC(Cc1cccc(F)c1Br)c1ccc(Br)cc1Cl. The molecule has 0 heterocycles. The zero-order valence-corrected chi connectivity index (χ0v) is 14.7. The molecule has 0 saturated carbocycles. The largest absolute Gasteiger partial charge is 0.313 e. The summed E-state index contributed by atoms with van der Waals surface area (Å²) in [5.41, 5.74) is 1.90. The Hall–Kier alpha value is -0.420. The summed E-state index contributed by atoms with van der Waals surface area (Å²) in [7, 11) is 1.87. The molecule has 2 aromatic rings. The van der Waals surface area contributed by atoms with Crippen LogP contribution in [0.2, 0.25) is 5.02 Å². The maximum Gasteiger partial charge on any atom is 0.137 e. The third-order valence-electron chi connectivity index (χ3n) is 3.14. The van der Waals surface area contributed by atoms with Crippen LogP contribution in [0.5, 0.6) is 0 Å². The average Bonchev–Trinajstić information content (AvgIpc) is 2.41.